The molecule has 0 saturated heterocycles. The topological polar surface area (TPSA) is 97.0 Å². The maximum atomic E-state index is 9.88. The quantitative estimate of drug-likeness (QED) is 0.745. The predicted octanol–water partition coefficient (Wildman–Crippen LogP) is 1.96. The van der Waals surface area contributed by atoms with E-state index in [4.69, 9.17) is 5.73 Å². The van der Waals surface area contributed by atoms with Crippen LogP contribution in [0.25, 0.3) is 11.0 Å². The van der Waals surface area contributed by atoms with Crippen molar-refractivity contribution in [3.8, 4) is 0 Å². The molecule has 2 unspecified atom stereocenters. The Hall–Kier alpha value is -1.95. The van der Waals surface area contributed by atoms with Gasteiger partial charge in [0.05, 0.1) is 17.7 Å². The highest BCUT2D eigenvalue weighted by Crippen LogP contribution is 2.21. The molecule has 2 aromatic rings. The van der Waals surface area contributed by atoms with E-state index in [1.54, 1.807) is 13.1 Å². The summed E-state index contributed by atoms with van der Waals surface area (Å²) in [5.41, 5.74) is 7.09. The minimum Gasteiger partial charge on any atom is -0.391 e. The average molecular weight is 275 g/mol. The van der Waals surface area contributed by atoms with Gasteiger partial charge >= 0.3 is 0 Å². The van der Waals surface area contributed by atoms with Gasteiger partial charge in [-0.2, -0.15) is 4.98 Å². The molecular weight excluding hydrogens is 254 g/mol. The standard InChI is InChI=1S/C14H21N5O/c1-3-4-6-10(9(2)20)17-13-12-11(7-5-8-16-12)18-14(15)19-13/h5,7-10,20H,3-4,6H2,1-2H3,(H3,15,17,18,19). The van der Waals surface area contributed by atoms with Crippen LogP contribution in [0.4, 0.5) is 11.8 Å². The lowest BCUT2D eigenvalue weighted by Crippen LogP contribution is -2.32. The number of aromatic nitrogens is 3. The Morgan fingerprint density at radius 3 is 2.90 bits per heavy atom. The minimum atomic E-state index is -0.475. The second-order valence-electron chi connectivity index (χ2n) is 4.94. The fourth-order valence-electron chi connectivity index (χ4n) is 2.12. The summed E-state index contributed by atoms with van der Waals surface area (Å²) in [4.78, 5) is 12.7. The second kappa shape index (κ2) is 6.47. The van der Waals surface area contributed by atoms with Gasteiger partial charge in [-0.25, -0.2) is 4.98 Å². The molecule has 0 radical (unpaired) electrons. The maximum Gasteiger partial charge on any atom is 0.222 e. The van der Waals surface area contributed by atoms with Crippen molar-refractivity contribution < 1.29 is 5.11 Å². The third-order valence-electron chi connectivity index (χ3n) is 3.25. The molecule has 0 spiro atoms. The summed E-state index contributed by atoms with van der Waals surface area (Å²) in [7, 11) is 0. The number of unbranched alkanes of at least 4 members (excludes halogenated alkanes) is 1. The number of aliphatic hydroxyl groups excluding tert-OH is 1. The van der Waals surface area contributed by atoms with Crippen LogP contribution in [0, 0.1) is 0 Å². The first kappa shape index (κ1) is 14.5. The normalized spacial score (nSPS) is 14.2. The lowest BCUT2D eigenvalue weighted by atomic mass is 10.1. The van der Waals surface area contributed by atoms with Crippen LogP contribution >= 0.6 is 0 Å². The maximum absolute atomic E-state index is 9.88. The molecular formula is C14H21N5O. The third-order valence-corrected chi connectivity index (χ3v) is 3.25. The van der Waals surface area contributed by atoms with Crippen molar-refractivity contribution in [2.45, 2.75) is 45.3 Å². The SMILES string of the molecule is CCCCC(Nc1nc(N)nc2cccnc12)C(C)O. The molecule has 2 aromatic heterocycles. The highest BCUT2D eigenvalue weighted by Gasteiger charge is 2.17. The van der Waals surface area contributed by atoms with Gasteiger partial charge in [0, 0.05) is 6.20 Å². The van der Waals surface area contributed by atoms with Gasteiger partial charge in [-0.3, -0.25) is 4.98 Å². The van der Waals surface area contributed by atoms with Gasteiger partial charge in [-0.1, -0.05) is 19.8 Å². The monoisotopic (exact) mass is 275 g/mol. The van der Waals surface area contributed by atoms with Gasteiger partial charge in [-0.05, 0) is 25.5 Å². The fraction of sp³-hybridized carbons (Fsp3) is 0.500. The van der Waals surface area contributed by atoms with Crippen LogP contribution in [0.5, 0.6) is 0 Å². The van der Waals surface area contributed by atoms with Crippen LogP contribution < -0.4 is 11.1 Å². The van der Waals surface area contributed by atoms with Gasteiger partial charge in [0.2, 0.25) is 5.95 Å². The van der Waals surface area contributed by atoms with Crippen LogP contribution in [0.2, 0.25) is 0 Å². The molecule has 2 heterocycles. The molecule has 0 saturated carbocycles. The molecule has 2 atom stereocenters. The zero-order chi connectivity index (χ0) is 14.5. The van der Waals surface area contributed by atoms with Crippen molar-refractivity contribution in [1.82, 2.24) is 15.0 Å². The fourth-order valence-corrected chi connectivity index (χ4v) is 2.12. The molecule has 0 amide bonds. The van der Waals surface area contributed by atoms with Crippen molar-refractivity contribution in [2.24, 2.45) is 0 Å². The van der Waals surface area contributed by atoms with Crippen LogP contribution in [-0.2, 0) is 0 Å². The van der Waals surface area contributed by atoms with Gasteiger partial charge in [0.25, 0.3) is 0 Å². The minimum absolute atomic E-state index is 0.0746. The molecule has 0 bridgehead atoms. The number of hydrogen-bond donors (Lipinski definition) is 3. The molecule has 4 N–H and O–H groups in total. The number of rotatable bonds is 6. The van der Waals surface area contributed by atoms with Gasteiger partial charge in [0.1, 0.15) is 5.52 Å². The van der Waals surface area contributed by atoms with E-state index in [1.807, 2.05) is 12.1 Å². The summed E-state index contributed by atoms with van der Waals surface area (Å²) in [6.45, 7) is 3.90. The summed E-state index contributed by atoms with van der Waals surface area (Å²) in [5, 5.41) is 13.1. The molecule has 20 heavy (non-hydrogen) atoms. The highest BCUT2D eigenvalue weighted by molar-refractivity contribution is 5.85. The molecule has 0 aliphatic carbocycles. The number of nitrogens with zero attached hydrogens (tertiary/aromatic N) is 3. The Morgan fingerprint density at radius 2 is 2.20 bits per heavy atom. The lowest BCUT2D eigenvalue weighted by Gasteiger charge is -2.22. The molecule has 0 fully saturated rings. The Morgan fingerprint density at radius 1 is 1.40 bits per heavy atom. The van der Waals surface area contributed by atoms with Crippen LogP contribution in [-0.4, -0.2) is 32.2 Å². The highest BCUT2D eigenvalue weighted by atomic mass is 16.3. The number of hydrogen-bond acceptors (Lipinski definition) is 6. The van der Waals surface area contributed by atoms with Crippen molar-refractivity contribution in [2.75, 3.05) is 11.1 Å². The van der Waals surface area contributed by atoms with E-state index in [0.29, 0.717) is 16.9 Å². The summed E-state index contributed by atoms with van der Waals surface area (Å²) < 4.78 is 0. The van der Waals surface area contributed by atoms with Crippen molar-refractivity contribution in [1.29, 1.82) is 0 Å². The first-order valence-corrected chi connectivity index (χ1v) is 6.94. The number of nitrogens with two attached hydrogens (primary N) is 1. The van der Waals surface area contributed by atoms with Crippen LogP contribution in [0.1, 0.15) is 33.1 Å². The molecule has 0 aromatic carbocycles. The van der Waals surface area contributed by atoms with E-state index in [-0.39, 0.29) is 12.0 Å². The number of anilines is 2. The predicted molar refractivity (Wildman–Crippen MR) is 80.4 cm³/mol. The van der Waals surface area contributed by atoms with E-state index in [9.17, 15) is 5.11 Å². The molecule has 2 rings (SSSR count). The number of aliphatic hydroxyl groups is 1. The van der Waals surface area contributed by atoms with Crippen molar-refractivity contribution in [3.05, 3.63) is 18.3 Å². The molecule has 0 aliphatic heterocycles. The zero-order valence-electron chi connectivity index (χ0n) is 11.9. The van der Waals surface area contributed by atoms with Crippen molar-refractivity contribution in [3.63, 3.8) is 0 Å². The summed E-state index contributed by atoms with van der Waals surface area (Å²) in [6, 6.07) is 3.57. The lowest BCUT2D eigenvalue weighted by molar-refractivity contribution is 0.166. The number of fused-ring (bicyclic) bond motifs is 1. The third kappa shape index (κ3) is 3.33. The van der Waals surface area contributed by atoms with E-state index in [0.717, 1.165) is 19.3 Å². The summed E-state index contributed by atoms with van der Waals surface area (Å²) >= 11 is 0. The Balaban J connectivity index is 2.31. The van der Waals surface area contributed by atoms with E-state index < -0.39 is 6.10 Å². The average Bonchev–Trinajstić information content (AvgIpc) is 2.42. The van der Waals surface area contributed by atoms with Crippen LogP contribution in [0.15, 0.2) is 18.3 Å². The molecule has 0 aliphatic rings. The molecule has 6 nitrogen and oxygen atoms in total. The summed E-state index contributed by atoms with van der Waals surface area (Å²) in [5.74, 6) is 0.780. The van der Waals surface area contributed by atoms with E-state index >= 15 is 0 Å². The van der Waals surface area contributed by atoms with Gasteiger partial charge in [0.15, 0.2) is 5.82 Å². The van der Waals surface area contributed by atoms with E-state index in [1.165, 1.54) is 0 Å². The number of nitrogens with one attached hydrogen (secondary N) is 1. The first-order valence-electron chi connectivity index (χ1n) is 6.94. The van der Waals surface area contributed by atoms with Crippen molar-refractivity contribution >= 4 is 22.8 Å². The first-order chi connectivity index (χ1) is 9.61. The molecule has 108 valence electrons. The largest absolute Gasteiger partial charge is 0.391 e. The Bertz CT molecular complexity index is 572. The smallest absolute Gasteiger partial charge is 0.222 e. The van der Waals surface area contributed by atoms with Gasteiger partial charge in [-0.15, -0.1) is 0 Å². The number of pyridine rings is 1. The Kier molecular flexibility index (Phi) is 4.68. The Labute approximate surface area is 118 Å². The molecule has 6 heteroatoms. The van der Waals surface area contributed by atoms with E-state index in [2.05, 4.69) is 27.2 Å². The van der Waals surface area contributed by atoms with Gasteiger partial charge < -0.3 is 16.2 Å². The van der Waals surface area contributed by atoms with Crippen LogP contribution in [0.3, 0.4) is 0 Å². The summed E-state index contributed by atoms with van der Waals surface area (Å²) in [6.07, 6.45) is 4.20. The zero-order valence-corrected chi connectivity index (χ0v) is 11.9. The second-order valence-corrected chi connectivity index (χ2v) is 4.94. The number of nitrogen functional groups attached to an aromatic ring is 1.